The number of carbonyl (C=O) groups excluding carboxylic acids is 3. The number of fused-ring (bicyclic) bond motifs is 1. The van der Waals surface area contributed by atoms with Gasteiger partial charge in [-0.05, 0) is 63.9 Å². The molecule has 9 nitrogen and oxygen atoms in total. The molecule has 1 fully saturated rings. The molecule has 0 radical (unpaired) electrons. The van der Waals surface area contributed by atoms with Gasteiger partial charge in [-0.25, -0.2) is 8.42 Å². The van der Waals surface area contributed by atoms with Crippen LogP contribution in [-0.4, -0.2) is 61.7 Å². The van der Waals surface area contributed by atoms with Gasteiger partial charge in [0, 0.05) is 6.54 Å². The molecule has 2 aliphatic rings. The number of nitrogens with zero attached hydrogens (tertiary/aromatic N) is 2. The molecular formula is C25H28N2O7S. The monoisotopic (exact) mass is 500 g/mol. The van der Waals surface area contributed by atoms with Crippen LogP contribution in [0.4, 0.5) is 5.69 Å². The van der Waals surface area contributed by atoms with E-state index in [1.165, 1.54) is 22.5 Å². The van der Waals surface area contributed by atoms with Crippen LogP contribution in [-0.2, 0) is 24.3 Å². The van der Waals surface area contributed by atoms with Crippen LogP contribution in [0.2, 0.25) is 0 Å². The van der Waals surface area contributed by atoms with E-state index >= 15 is 0 Å². The van der Waals surface area contributed by atoms with Crippen LogP contribution in [0, 0.1) is 0 Å². The zero-order valence-electron chi connectivity index (χ0n) is 19.9. The maximum Gasteiger partial charge on any atom is 0.326 e. The number of Topliss-reactive ketones (excluding diaryl/α,β-unsaturated/α-hetero) is 1. The minimum absolute atomic E-state index is 0.0454. The molecule has 0 saturated carbocycles. The summed E-state index contributed by atoms with van der Waals surface area (Å²) in [4.78, 5) is 38.3. The molecule has 35 heavy (non-hydrogen) atoms. The number of esters is 1. The Kier molecular flexibility index (Phi) is 6.70. The van der Waals surface area contributed by atoms with Gasteiger partial charge >= 0.3 is 5.97 Å². The van der Waals surface area contributed by atoms with Crippen molar-refractivity contribution in [3.8, 4) is 5.75 Å². The number of ketones is 1. The number of rotatable bonds is 7. The van der Waals surface area contributed by atoms with Crippen LogP contribution in [0.1, 0.15) is 44.0 Å². The Hall–Kier alpha value is -3.24. The summed E-state index contributed by atoms with van der Waals surface area (Å²) in [5.41, 5.74) is -0.604. The van der Waals surface area contributed by atoms with Crippen LogP contribution in [0.15, 0.2) is 53.4 Å². The summed E-state index contributed by atoms with van der Waals surface area (Å²) in [5.74, 6) is -1.76. The maximum absolute atomic E-state index is 13.4. The topological polar surface area (TPSA) is 110 Å². The van der Waals surface area contributed by atoms with Crippen molar-refractivity contribution in [2.45, 2.75) is 50.2 Å². The molecule has 0 unspecified atom stereocenters. The summed E-state index contributed by atoms with van der Waals surface area (Å²) in [5, 5.41) is 0. The zero-order valence-corrected chi connectivity index (χ0v) is 20.7. The van der Waals surface area contributed by atoms with Gasteiger partial charge in [0.2, 0.25) is 10.0 Å². The number of hydrogen-bond donors (Lipinski definition) is 0. The summed E-state index contributed by atoms with van der Waals surface area (Å²) < 4.78 is 39.3. The largest absolute Gasteiger partial charge is 0.492 e. The molecule has 0 N–H and O–H groups in total. The predicted octanol–water partition coefficient (Wildman–Crippen LogP) is 2.79. The number of ether oxygens (including phenoxy) is 2. The molecule has 2 heterocycles. The first-order valence-electron chi connectivity index (χ1n) is 11.4. The predicted molar refractivity (Wildman–Crippen MR) is 128 cm³/mol. The Morgan fingerprint density at radius 2 is 1.80 bits per heavy atom. The second-order valence-electron chi connectivity index (χ2n) is 9.52. The van der Waals surface area contributed by atoms with Gasteiger partial charge in [-0.1, -0.05) is 18.2 Å². The number of sulfonamides is 1. The lowest BCUT2D eigenvalue weighted by molar-refractivity contribution is -0.153. The maximum atomic E-state index is 13.4. The van der Waals surface area contributed by atoms with Gasteiger partial charge in [0.25, 0.3) is 11.7 Å². The lowest BCUT2D eigenvalue weighted by atomic mass is 10.1. The van der Waals surface area contributed by atoms with Crippen LogP contribution in [0.3, 0.4) is 0 Å². The molecule has 0 aliphatic carbocycles. The van der Waals surface area contributed by atoms with Gasteiger partial charge in [0.15, 0.2) is 0 Å². The minimum atomic E-state index is -3.94. The van der Waals surface area contributed by atoms with Crippen molar-refractivity contribution in [1.29, 1.82) is 0 Å². The molecule has 186 valence electrons. The molecule has 2 aliphatic heterocycles. The van der Waals surface area contributed by atoms with E-state index < -0.39 is 39.8 Å². The van der Waals surface area contributed by atoms with E-state index in [0.29, 0.717) is 25.1 Å². The SMILES string of the molecule is CC(C)(C)OC(=O)CN1C(=O)C(=O)c2cc(S(=O)(=O)N3CCC[C@H]3COc3ccccc3)ccc21. The molecule has 0 bridgehead atoms. The second-order valence-corrected chi connectivity index (χ2v) is 11.4. The van der Waals surface area contributed by atoms with Crippen LogP contribution >= 0.6 is 0 Å². The highest BCUT2D eigenvalue weighted by Gasteiger charge is 2.41. The normalized spacial score (nSPS) is 18.6. The van der Waals surface area contributed by atoms with Gasteiger partial charge in [0.05, 0.1) is 22.2 Å². The van der Waals surface area contributed by atoms with Gasteiger partial charge < -0.3 is 9.47 Å². The Bertz CT molecular complexity index is 1250. The molecule has 1 atom stereocenters. The summed E-state index contributed by atoms with van der Waals surface area (Å²) in [7, 11) is -3.94. The number of benzene rings is 2. The average Bonchev–Trinajstić information content (AvgIpc) is 3.37. The third kappa shape index (κ3) is 5.23. The van der Waals surface area contributed by atoms with Gasteiger partial charge in [-0.2, -0.15) is 4.31 Å². The van der Waals surface area contributed by atoms with E-state index in [-0.39, 0.29) is 28.8 Å². The standard InChI is InChI=1S/C25H28N2O7S/c1-25(2,3)34-22(28)15-26-21-12-11-19(14-20(21)23(29)24(26)30)35(31,32)27-13-7-8-17(27)16-33-18-9-5-4-6-10-18/h4-6,9-12,14,17H,7-8,13,15-16H2,1-3H3/t17-/m0/s1. The average molecular weight is 501 g/mol. The first-order chi connectivity index (χ1) is 16.5. The van der Waals surface area contributed by atoms with Gasteiger partial charge in [-0.3, -0.25) is 19.3 Å². The van der Waals surface area contributed by atoms with Crippen molar-refractivity contribution >= 4 is 33.4 Å². The van der Waals surface area contributed by atoms with E-state index in [4.69, 9.17) is 9.47 Å². The molecule has 1 amide bonds. The molecule has 0 spiro atoms. The number of amides is 1. The summed E-state index contributed by atoms with van der Waals surface area (Å²) in [6, 6.07) is 12.8. The molecule has 4 rings (SSSR count). The Labute approximate surface area is 204 Å². The van der Waals surface area contributed by atoms with E-state index in [2.05, 4.69) is 0 Å². The van der Waals surface area contributed by atoms with E-state index in [1.807, 2.05) is 18.2 Å². The Morgan fingerprint density at radius 1 is 1.09 bits per heavy atom. The lowest BCUT2D eigenvalue weighted by Crippen LogP contribution is -2.39. The fourth-order valence-corrected chi connectivity index (χ4v) is 5.94. The molecule has 2 aromatic carbocycles. The van der Waals surface area contributed by atoms with Gasteiger partial charge in [-0.15, -0.1) is 0 Å². The smallest absolute Gasteiger partial charge is 0.326 e. The third-order valence-electron chi connectivity index (χ3n) is 5.77. The molecular weight excluding hydrogens is 472 g/mol. The fraction of sp³-hybridized carbons (Fsp3) is 0.400. The van der Waals surface area contributed by atoms with E-state index in [1.54, 1.807) is 32.9 Å². The van der Waals surface area contributed by atoms with Crippen molar-refractivity contribution in [2.24, 2.45) is 0 Å². The second kappa shape index (κ2) is 9.43. The number of carbonyl (C=O) groups is 3. The highest BCUT2D eigenvalue weighted by atomic mass is 32.2. The quantitative estimate of drug-likeness (QED) is 0.425. The summed E-state index contributed by atoms with van der Waals surface area (Å²) in [6.45, 7) is 5.19. The first-order valence-corrected chi connectivity index (χ1v) is 12.8. The fourth-order valence-electron chi connectivity index (χ4n) is 4.24. The van der Waals surface area contributed by atoms with Crippen molar-refractivity contribution in [3.63, 3.8) is 0 Å². The highest BCUT2D eigenvalue weighted by molar-refractivity contribution is 7.89. The summed E-state index contributed by atoms with van der Waals surface area (Å²) >= 11 is 0. The lowest BCUT2D eigenvalue weighted by Gasteiger charge is -2.25. The summed E-state index contributed by atoms with van der Waals surface area (Å²) in [6.07, 6.45) is 1.34. The van der Waals surface area contributed by atoms with Crippen molar-refractivity contribution in [3.05, 3.63) is 54.1 Å². The van der Waals surface area contributed by atoms with Crippen LogP contribution in [0.5, 0.6) is 5.75 Å². The molecule has 2 aromatic rings. The minimum Gasteiger partial charge on any atom is -0.492 e. The highest BCUT2D eigenvalue weighted by Crippen LogP contribution is 2.34. The van der Waals surface area contributed by atoms with E-state index in [0.717, 1.165) is 4.90 Å². The Balaban J connectivity index is 1.54. The van der Waals surface area contributed by atoms with Gasteiger partial charge in [0.1, 0.15) is 24.5 Å². The number of anilines is 1. The van der Waals surface area contributed by atoms with E-state index in [9.17, 15) is 22.8 Å². The zero-order chi connectivity index (χ0) is 25.4. The molecule has 0 aromatic heterocycles. The number of hydrogen-bond acceptors (Lipinski definition) is 7. The van der Waals surface area contributed by atoms with Crippen LogP contribution in [0.25, 0.3) is 0 Å². The van der Waals surface area contributed by atoms with Crippen molar-refractivity contribution in [1.82, 2.24) is 4.31 Å². The molecule has 10 heteroatoms. The number of para-hydroxylation sites is 1. The van der Waals surface area contributed by atoms with Crippen LogP contribution < -0.4 is 9.64 Å². The van der Waals surface area contributed by atoms with Crippen molar-refractivity contribution in [2.75, 3.05) is 24.6 Å². The van der Waals surface area contributed by atoms with Crippen molar-refractivity contribution < 1.29 is 32.3 Å². The Morgan fingerprint density at radius 3 is 2.49 bits per heavy atom. The molecule has 1 saturated heterocycles. The third-order valence-corrected chi connectivity index (χ3v) is 7.71. The first kappa shape index (κ1) is 24.9.